The quantitative estimate of drug-likeness (QED) is 0.872. The molecule has 3 atom stereocenters. The van der Waals surface area contributed by atoms with Crippen molar-refractivity contribution in [1.82, 2.24) is 9.55 Å². The van der Waals surface area contributed by atoms with E-state index in [1.54, 1.807) is 0 Å². The largest absolute Gasteiger partial charge is 0.333 e. The number of nitrogens with zero attached hydrogens (tertiary/aromatic N) is 2. The Bertz CT molecular complexity index is 356. The summed E-state index contributed by atoms with van der Waals surface area (Å²) in [6.07, 6.45) is 8.00. The Morgan fingerprint density at radius 2 is 2.24 bits per heavy atom. The van der Waals surface area contributed by atoms with Gasteiger partial charge in [-0.1, -0.05) is 33.6 Å². The van der Waals surface area contributed by atoms with Crippen LogP contribution in [0.2, 0.25) is 0 Å². The van der Waals surface area contributed by atoms with Gasteiger partial charge in [0.15, 0.2) is 0 Å². The fourth-order valence-corrected chi connectivity index (χ4v) is 2.85. The zero-order valence-corrected chi connectivity index (χ0v) is 11.3. The van der Waals surface area contributed by atoms with Crippen molar-refractivity contribution < 1.29 is 0 Å². The van der Waals surface area contributed by atoms with Crippen LogP contribution in [0.5, 0.6) is 0 Å². The summed E-state index contributed by atoms with van der Waals surface area (Å²) in [6, 6.07) is 0.106. The lowest BCUT2D eigenvalue weighted by molar-refractivity contribution is 0.350. The predicted molar refractivity (Wildman–Crippen MR) is 70.5 cm³/mol. The van der Waals surface area contributed by atoms with Gasteiger partial charge in [-0.15, -0.1) is 0 Å². The molecule has 2 N–H and O–H groups in total. The van der Waals surface area contributed by atoms with Crippen LogP contribution in [0.3, 0.4) is 0 Å². The lowest BCUT2D eigenvalue weighted by Crippen LogP contribution is -2.22. The van der Waals surface area contributed by atoms with Gasteiger partial charge in [-0.3, -0.25) is 0 Å². The third-order valence-corrected chi connectivity index (χ3v) is 4.27. The van der Waals surface area contributed by atoms with E-state index in [1.807, 2.05) is 12.5 Å². The van der Waals surface area contributed by atoms with E-state index < -0.39 is 0 Å². The van der Waals surface area contributed by atoms with Gasteiger partial charge < -0.3 is 10.3 Å². The maximum atomic E-state index is 6.23. The molecule has 0 radical (unpaired) electrons. The monoisotopic (exact) mass is 235 g/mol. The summed E-state index contributed by atoms with van der Waals surface area (Å²) in [5.41, 5.74) is 7.42. The first kappa shape index (κ1) is 12.6. The molecule has 1 aromatic heterocycles. The second-order valence-electron chi connectivity index (χ2n) is 5.91. The highest BCUT2D eigenvalue weighted by molar-refractivity contribution is 5.05. The van der Waals surface area contributed by atoms with Crippen LogP contribution in [0, 0.1) is 17.8 Å². The molecule has 0 amide bonds. The van der Waals surface area contributed by atoms with Crippen molar-refractivity contribution in [2.45, 2.75) is 52.6 Å². The molecule has 2 rings (SSSR count). The van der Waals surface area contributed by atoms with Gasteiger partial charge in [-0.05, 0) is 24.2 Å². The van der Waals surface area contributed by atoms with Gasteiger partial charge in [0.25, 0.3) is 0 Å². The Balaban J connectivity index is 2.08. The van der Waals surface area contributed by atoms with Crippen molar-refractivity contribution in [2.75, 3.05) is 0 Å². The molecule has 96 valence electrons. The van der Waals surface area contributed by atoms with Crippen molar-refractivity contribution in [2.24, 2.45) is 23.5 Å². The number of hydrogen-bond acceptors (Lipinski definition) is 2. The molecule has 0 saturated heterocycles. The molecule has 1 saturated carbocycles. The first-order valence-corrected chi connectivity index (χ1v) is 6.85. The van der Waals surface area contributed by atoms with Crippen LogP contribution in [0.15, 0.2) is 12.5 Å². The number of rotatable bonds is 4. The Kier molecular flexibility index (Phi) is 3.87. The van der Waals surface area contributed by atoms with Crippen LogP contribution in [0.25, 0.3) is 0 Å². The summed E-state index contributed by atoms with van der Waals surface area (Å²) in [7, 11) is 0. The second kappa shape index (κ2) is 5.21. The number of hydrogen-bond donors (Lipinski definition) is 1. The molecule has 3 nitrogen and oxygen atoms in total. The molecule has 0 spiro atoms. The fraction of sp³-hybridized carbons (Fsp3) is 0.786. The minimum atomic E-state index is 0.106. The minimum absolute atomic E-state index is 0.106. The predicted octanol–water partition coefficient (Wildman–Crippen LogP) is 2.98. The lowest BCUT2D eigenvalue weighted by Gasteiger charge is -2.21. The molecule has 1 aromatic rings. The van der Waals surface area contributed by atoms with Crippen molar-refractivity contribution >= 4 is 0 Å². The number of nitrogens with two attached hydrogens (primary N) is 1. The Morgan fingerprint density at radius 1 is 1.47 bits per heavy atom. The van der Waals surface area contributed by atoms with Crippen LogP contribution in [-0.2, 0) is 6.54 Å². The topological polar surface area (TPSA) is 43.8 Å². The Morgan fingerprint density at radius 3 is 2.82 bits per heavy atom. The molecular formula is C14H25N3. The molecule has 1 aliphatic rings. The lowest BCUT2D eigenvalue weighted by atomic mass is 9.97. The highest BCUT2D eigenvalue weighted by Crippen LogP contribution is 2.33. The standard InChI is InChI=1S/C14H25N3/c1-10(2)14(15)13-7-16-9-17(13)8-12-6-4-5-11(12)3/h7,9-12,14H,4-6,8,15H2,1-3H3. The molecule has 1 heterocycles. The average molecular weight is 235 g/mol. The van der Waals surface area contributed by atoms with E-state index in [9.17, 15) is 0 Å². The Hall–Kier alpha value is -0.830. The highest BCUT2D eigenvalue weighted by atomic mass is 15.1. The van der Waals surface area contributed by atoms with Crippen molar-refractivity contribution in [3.8, 4) is 0 Å². The maximum Gasteiger partial charge on any atom is 0.0948 e. The van der Waals surface area contributed by atoms with Gasteiger partial charge in [0.05, 0.1) is 12.0 Å². The third-order valence-electron chi connectivity index (χ3n) is 4.27. The van der Waals surface area contributed by atoms with Crippen molar-refractivity contribution in [1.29, 1.82) is 0 Å². The zero-order chi connectivity index (χ0) is 12.4. The van der Waals surface area contributed by atoms with Gasteiger partial charge in [0.1, 0.15) is 0 Å². The molecular weight excluding hydrogens is 210 g/mol. The number of imidazole rings is 1. The molecule has 17 heavy (non-hydrogen) atoms. The summed E-state index contributed by atoms with van der Waals surface area (Å²) in [5.74, 6) is 2.12. The summed E-state index contributed by atoms with van der Waals surface area (Å²) in [6.45, 7) is 7.80. The van der Waals surface area contributed by atoms with Crippen LogP contribution in [0.1, 0.15) is 51.8 Å². The van der Waals surface area contributed by atoms with E-state index >= 15 is 0 Å². The maximum absolute atomic E-state index is 6.23. The van der Waals surface area contributed by atoms with Crippen LogP contribution >= 0.6 is 0 Å². The van der Waals surface area contributed by atoms with Gasteiger partial charge in [-0.2, -0.15) is 0 Å². The smallest absolute Gasteiger partial charge is 0.0948 e. The van der Waals surface area contributed by atoms with Crippen LogP contribution < -0.4 is 5.73 Å². The molecule has 0 aliphatic heterocycles. The number of aromatic nitrogens is 2. The molecule has 3 heteroatoms. The molecule has 1 fully saturated rings. The first-order valence-electron chi connectivity index (χ1n) is 6.85. The summed E-state index contributed by atoms with van der Waals surface area (Å²) >= 11 is 0. The summed E-state index contributed by atoms with van der Waals surface area (Å²) in [5, 5.41) is 0. The SMILES string of the molecule is CC(C)C(N)c1cncn1CC1CCCC1C. The minimum Gasteiger partial charge on any atom is -0.333 e. The van der Waals surface area contributed by atoms with E-state index in [1.165, 1.54) is 25.0 Å². The first-order chi connectivity index (χ1) is 8.09. The van der Waals surface area contributed by atoms with Gasteiger partial charge in [-0.25, -0.2) is 4.98 Å². The van der Waals surface area contributed by atoms with E-state index in [-0.39, 0.29) is 6.04 Å². The van der Waals surface area contributed by atoms with Crippen molar-refractivity contribution in [3.05, 3.63) is 18.2 Å². The van der Waals surface area contributed by atoms with E-state index in [0.29, 0.717) is 5.92 Å². The third kappa shape index (κ3) is 2.71. The van der Waals surface area contributed by atoms with Crippen LogP contribution in [-0.4, -0.2) is 9.55 Å². The molecule has 0 bridgehead atoms. The molecule has 3 unspecified atom stereocenters. The fourth-order valence-electron chi connectivity index (χ4n) is 2.85. The summed E-state index contributed by atoms with van der Waals surface area (Å²) in [4.78, 5) is 4.28. The summed E-state index contributed by atoms with van der Waals surface area (Å²) < 4.78 is 2.27. The van der Waals surface area contributed by atoms with E-state index in [4.69, 9.17) is 5.73 Å². The van der Waals surface area contributed by atoms with Gasteiger partial charge in [0, 0.05) is 18.8 Å². The average Bonchev–Trinajstić information content (AvgIpc) is 2.88. The normalized spacial score (nSPS) is 26.6. The van der Waals surface area contributed by atoms with Gasteiger partial charge in [0.2, 0.25) is 0 Å². The second-order valence-corrected chi connectivity index (χ2v) is 5.91. The van der Waals surface area contributed by atoms with E-state index in [0.717, 1.165) is 18.4 Å². The zero-order valence-electron chi connectivity index (χ0n) is 11.3. The van der Waals surface area contributed by atoms with Gasteiger partial charge >= 0.3 is 0 Å². The van der Waals surface area contributed by atoms with Crippen LogP contribution in [0.4, 0.5) is 0 Å². The van der Waals surface area contributed by atoms with Crippen molar-refractivity contribution in [3.63, 3.8) is 0 Å². The highest BCUT2D eigenvalue weighted by Gasteiger charge is 2.25. The van der Waals surface area contributed by atoms with E-state index in [2.05, 4.69) is 30.3 Å². The Labute approximate surface area is 104 Å². The molecule has 0 aromatic carbocycles. The molecule has 1 aliphatic carbocycles.